The molecule has 9 nitrogen and oxygen atoms in total. The van der Waals surface area contributed by atoms with Crippen molar-refractivity contribution in [1.82, 2.24) is 9.80 Å². The molecule has 0 N–H and O–H groups in total. The van der Waals surface area contributed by atoms with Crippen LogP contribution >= 0.6 is 0 Å². The van der Waals surface area contributed by atoms with Crippen LogP contribution in [0.4, 0.5) is 0 Å². The second-order valence-electron chi connectivity index (χ2n) is 9.32. The van der Waals surface area contributed by atoms with E-state index < -0.39 is 6.04 Å². The monoisotopic (exact) mass is 522 g/mol. The summed E-state index contributed by atoms with van der Waals surface area (Å²) in [5, 5.41) is 0.415. The third-order valence-electron chi connectivity index (χ3n) is 7.03. The van der Waals surface area contributed by atoms with E-state index in [4.69, 9.17) is 23.4 Å². The quantitative estimate of drug-likeness (QED) is 0.397. The van der Waals surface area contributed by atoms with Crippen molar-refractivity contribution in [2.75, 3.05) is 59.7 Å². The molecular formula is C29H34N2O7. The van der Waals surface area contributed by atoms with Gasteiger partial charge in [-0.25, -0.2) is 0 Å². The molecule has 0 bridgehead atoms. The van der Waals surface area contributed by atoms with Gasteiger partial charge in [-0.1, -0.05) is 6.07 Å². The van der Waals surface area contributed by atoms with Crippen LogP contribution in [-0.4, -0.2) is 75.4 Å². The van der Waals surface area contributed by atoms with Crippen LogP contribution in [0.3, 0.4) is 0 Å². The summed E-state index contributed by atoms with van der Waals surface area (Å²) >= 11 is 0. The maximum absolute atomic E-state index is 13.9. The minimum absolute atomic E-state index is 0.0837. The fourth-order valence-electron chi connectivity index (χ4n) is 5.25. The molecule has 1 saturated heterocycles. The number of hydrogen-bond donors (Lipinski definition) is 0. The summed E-state index contributed by atoms with van der Waals surface area (Å²) in [7, 11) is 1.58. The van der Waals surface area contributed by atoms with E-state index in [9.17, 15) is 9.59 Å². The van der Waals surface area contributed by atoms with Crippen LogP contribution in [0.25, 0.3) is 11.0 Å². The van der Waals surface area contributed by atoms with Gasteiger partial charge in [-0.2, -0.15) is 0 Å². The molecule has 1 atom stereocenters. The highest BCUT2D eigenvalue weighted by Crippen LogP contribution is 2.41. The maximum atomic E-state index is 13.9. The van der Waals surface area contributed by atoms with Crippen molar-refractivity contribution in [2.24, 2.45) is 0 Å². The van der Waals surface area contributed by atoms with E-state index in [1.165, 1.54) is 0 Å². The molecule has 1 unspecified atom stereocenters. The van der Waals surface area contributed by atoms with Gasteiger partial charge in [0.2, 0.25) is 5.76 Å². The summed E-state index contributed by atoms with van der Waals surface area (Å²) in [6.45, 7) is 9.27. The lowest BCUT2D eigenvalue weighted by Gasteiger charge is -2.29. The van der Waals surface area contributed by atoms with E-state index in [1.54, 1.807) is 30.2 Å². The van der Waals surface area contributed by atoms with Crippen molar-refractivity contribution in [2.45, 2.75) is 26.3 Å². The summed E-state index contributed by atoms with van der Waals surface area (Å²) in [4.78, 5) is 31.7. The predicted octanol–water partition coefficient (Wildman–Crippen LogP) is 3.87. The predicted molar refractivity (Wildman–Crippen MR) is 143 cm³/mol. The number of benzene rings is 2. The zero-order valence-electron chi connectivity index (χ0n) is 22.2. The number of ether oxygens (including phenoxy) is 4. The number of methoxy groups -OCH3 is 1. The highest BCUT2D eigenvalue weighted by Gasteiger charge is 2.42. The standard InChI is InChI=1S/C29H34N2O7/c1-4-36-20-8-9-21-23(18-20)38-28-25(27(21)32)26(19-7-10-22(37-5-2)24(17-19)34-3)31(29(28)33)12-6-11-30-13-15-35-16-14-30/h7-10,17-18,26H,4-6,11-16H2,1-3H3. The number of nitrogens with zero attached hydrogens (tertiary/aromatic N) is 2. The topological polar surface area (TPSA) is 90.7 Å². The maximum Gasteiger partial charge on any atom is 0.290 e. The Balaban J connectivity index is 1.56. The molecule has 38 heavy (non-hydrogen) atoms. The lowest BCUT2D eigenvalue weighted by molar-refractivity contribution is 0.0353. The van der Waals surface area contributed by atoms with Crippen molar-refractivity contribution >= 4 is 16.9 Å². The minimum Gasteiger partial charge on any atom is -0.494 e. The summed E-state index contributed by atoms with van der Waals surface area (Å²) in [6, 6.07) is 10.1. The summed E-state index contributed by atoms with van der Waals surface area (Å²) < 4.78 is 28.4. The van der Waals surface area contributed by atoms with E-state index in [1.807, 2.05) is 32.0 Å². The van der Waals surface area contributed by atoms with Crippen molar-refractivity contribution < 1.29 is 28.2 Å². The highest BCUT2D eigenvalue weighted by molar-refractivity contribution is 5.99. The molecule has 1 fully saturated rings. The Morgan fingerprint density at radius 1 is 0.947 bits per heavy atom. The second kappa shape index (κ2) is 11.4. The molecule has 1 aromatic heterocycles. The van der Waals surface area contributed by atoms with Gasteiger partial charge in [0.15, 0.2) is 16.9 Å². The van der Waals surface area contributed by atoms with Gasteiger partial charge in [0, 0.05) is 32.2 Å². The molecule has 3 aromatic rings. The van der Waals surface area contributed by atoms with Crippen LogP contribution < -0.4 is 19.6 Å². The average molecular weight is 523 g/mol. The third-order valence-corrected chi connectivity index (χ3v) is 7.03. The molecule has 0 spiro atoms. The first kappa shape index (κ1) is 26.1. The molecular weight excluding hydrogens is 488 g/mol. The van der Waals surface area contributed by atoms with Crippen LogP contribution in [0.5, 0.6) is 17.2 Å². The number of carbonyl (C=O) groups is 1. The first-order valence-electron chi connectivity index (χ1n) is 13.2. The van der Waals surface area contributed by atoms with E-state index in [0.717, 1.165) is 44.8 Å². The molecule has 0 saturated carbocycles. The fraction of sp³-hybridized carbons (Fsp3) is 0.448. The highest BCUT2D eigenvalue weighted by atomic mass is 16.5. The number of carbonyl (C=O) groups excluding carboxylic acids is 1. The van der Waals surface area contributed by atoms with Crippen molar-refractivity contribution in [3.8, 4) is 17.2 Å². The molecule has 3 heterocycles. The zero-order valence-corrected chi connectivity index (χ0v) is 22.2. The SMILES string of the molecule is CCOc1ccc2c(=O)c3c(oc2c1)C(=O)N(CCCN1CCOCC1)C3c1ccc(OCC)c(OC)c1. The first-order valence-corrected chi connectivity index (χ1v) is 13.2. The molecule has 2 aromatic carbocycles. The van der Waals surface area contributed by atoms with Crippen molar-refractivity contribution in [1.29, 1.82) is 0 Å². The fourth-order valence-corrected chi connectivity index (χ4v) is 5.25. The average Bonchev–Trinajstić information content (AvgIpc) is 3.21. The van der Waals surface area contributed by atoms with Crippen LogP contribution in [-0.2, 0) is 4.74 Å². The Labute approximate surface area is 221 Å². The van der Waals surface area contributed by atoms with E-state index in [0.29, 0.717) is 53.5 Å². The number of rotatable bonds is 10. The molecule has 9 heteroatoms. The van der Waals surface area contributed by atoms with Gasteiger partial charge in [-0.3, -0.25) is 14.5 Å². The molecule has 2 aliphatic rings. The summed E-state index contributed by atoms with van der Waals surface area (Å²) in [5.41, 5.74) is 1.24. The smallest absolute Gasteiger partial charge is 0.290 e. The van der Waals surface area contributed by atoms with Crippen LogP contribution in [0.15, 0.2) is 45.6 Å². The second-order valence-corrected chi connectivity index (χ2v) is 9.32. The van der Waals surface area contributed by atoms with Crippen LogP contribution in [0.1, 0.15) is 48.0 Å². The van der Waals surface area contributed by atoms with Gasteiger partial charge >= 0.3 is 0 Å². The third kappa shape index (κ3) is 4.96. The van der Waals surface area contributed by atoms with Crippen molar-refractivity contribution in [3.63, 3.8) is 0 Å². The molecule has 5 rings (SSSR count). The normalized spacial score (nSPS) is 17.6. The Bertz CT molecular complexity index is 1360. The van der Waals surface area contributed by atoms with E-state index in [-0.39, 0.29) is 17.1 Å². The molecule has 0 radical (unpaired) electrons. The van der Waals surface area contributed by atoms with Gasteiger partial charge in [0.25, 0.3) is 5.91 Å². The van der Waals surface area contributed by atoms with Gasteiger partial charge in [-0.05, 0) is 50.1 Å². The number of amides is 1. The lowest BCUT2D eigenvalue weighted by Crippen LogP contribution is -2.38. The summed E-state index contributed by atoms with van der Waals surface area (Å²) in [6.07, 6.45) is 0.757. The van der Waals surface area contributed by atoms with E-state index >= 15 is 0 Å². The Morgan fingerprint density at radius 2 is 1.74 bits per heavy atom. The molecule has 2 aliphatic heterocycles. The number of morpholine rings is 1. The lowest BCUT2D eigenvalue weighted by atomic mass is 9.98. The summed E-state index contributed by atoms with van der Waals surface area (Å²) in [5.74, 6) is 1.53. The van der Waals surface area contributed by atoms with Crippen LogP contribution in [0.2, 0.25) is 0 Å². The zero-order chi connectivity index (χ0) is 26.6. The minimum atomic E-state index is -0.598. The Kier molecular flexibility index (Phi) is 7.85. The van der Waals surface area contributed by atoms with Gasteiger partial charge in [0.05, 0.1) is 50.5 Å². The van der Waals surface area contributed by atoms with E-state index in [2.05, 4.69) is 4.90 Å². The van der Waals surface area contributed by atoms with Gasteiger partial charge in [0.1, 0.15) is 11.3 Å². The molecule has 202 valence electrons. The molecule has 0 aliphatic carbocycles. The van der Waals surface area contributed by atoms with Crippen molar-refractivity contribution in [3.05, 3.63) is 63.5 Å². The van der Waals surface area contributed by atoms with Gasteiger partial charge in [-0.15, -0.1) is 0 Å². The van der Waals surface area contributed by atoms with Gasteiger partial charge < -0.3 is 28.3 Å². The van der Waals surface area contributed by atoms with Crippen LogP contribution in [0, 0.1) is 0 Å². The Hall–Kier alpha value is -3.56. The Morgan fingerprint density at radius 3 is 2.47 bits per heavy atom. The largest absolute Gasteiger partial charge is 0.494 e. The molecule has 1 amide bonds. The number of fused-ring (bicyclic) bond motifs is 2. The first-order chi connectivity index (χ1) is 18.5. The number of hydrogen-bond acceptors (Lipinski definition) is 8.